The van der Waals surface area contributed by atoms with Crippen LogP contribution < -0.4 is 5.32 Å². The monoisotopic (exact) mass is 275 g/mol. The molecule has 0 bridgehead atoms. The fraction of sp³-hybridized carbons (Fsp3) is 0.412. The average molecular weight is 275 g/mol. The second-order valence-electron chi connectivity index (χ2n) is 5.04. The van der Waals surface area contributed by atoms with Gasteiger partial charge in [0.25, 0.3) is 0 Å². The van der Waals surface area contributed by atoms with E-state index in [1.165, 1.54) is 11.6 Å². The highest BCUT2D eigenvalue weighted by atomic mass is 19.1. The summed E-state index contributed by atoms with van der Waals surface area (Å²) in [5.74, 6) is 0.828. The Hall–Kier alpha value is -1.61. The minimum absolute atomic E-state index is 0.161. The minimum Gasteiger partial charge on any atom is -0.469 e. The number of halogens is 1. The summed E-state index contributed by atoms with van der Waals surface area (Å²) in [5, 5.41) is 3.47. The van der Waals surface area contributed by atoms with Crippen molar-refractivity contribution >= 4 is 0 Å². The molecule has 3 heteroatoms. The van der Waals surface area contributed by atoms with Crippen LogP contribution in [-0.4, -0.2) is 6.54 Å². The Morgan fingerprint density at radius 3 is 2.75 bits per heavy atom. The molecule has 1 unspecified atom stereocenters. The Balaban J connectivity index is 2.27. The van der Waals surface area contributed by atoms with Gasteiger partial charge in [-0.2, -0.15) is 0 Å². The van der Waals surface area contributed by atoms with Crippen LogP contribution in [0.3, 0.4) is 0 Å². The number of hydrogen-bond acceptors (Lipinski definition) is 2. The molecule has 0 aliphatic rings. The summed E-state index contributed by atoms with van der Waals surface area (Å²) in [5.41, 5.74) is 3.34. The van der Waals surface area contributed by atoms with Crippen LogP contribution in [0.5, 0.6) is 0 Å². The molecule has 1 aromatic carbocycles. The van der Waals surface area contributed by atoms with Crippen LogP contribution in [0.2, 0.25) is 0 Å². The van der Waals surface area contributed by atoms with E-state index in [-0.39, 0.29) is 11.9 Å². The average Bonchev–Trinajstić information content (AvgIpc) is 2.90. The number of benzene rings is 1. The van der Waals surface area contributed by atoms with Gasteiger partial charge in [-0.25, -0.2) is 4.39 Å². The van der Waals surface area contributed by atoms with E-state index in [4.69, 9.17) is 4.42 Å². The van der Waals surface area contributed by atoms with Gasteiger partial charge in [-0.15, -0.1) is 0 Å². The van der Waals surface area contributed by atoms with E-state index in [1.807, 2.05) is 19.1 Å². The Labute approximate surface area is 120 Å². The van der Waals surface area contributed by atoms with E-state index < -0.39 is 0 Å². The van der Waals surface area contributed by atoms with Gasteiger partial charge in [0.15, 0.2) is 0 Å². The first kappa shape index (κ1) is 14.8. The maximum absolute atomic E-state index is 13.4. The number of hydrogen-bond donors (Lipinski definition) is 1. The maximum Gasteiger partial charge on any atom is 0.123 e. The summed E-state index contributed by atoms with van der Waals surface area (Å²) in [4.78, 5) is 0. The predicted molar refractivity (Wildman–Crippen MR) is 79.3 cm³/mol. The van der Waals surface area contributed by atoms with Crippen molar-refractivity contribution in [2.75, 3.05) is 6.54 Å². The molecule has 0 fully saturated rings. The highest BCUT2D eigenvalue weighted by Crippen LogP contribution is 2.25. The van der Waals surface area contributed by atoms with Gasteiger partial charge in [0.1, 0.15) is 11.6 Å². The largest absolute Gasteiger partial charge is 0.469 e. The lowest BCUT2D eigenvalue weighted by molar-refractivity contribution is 0.486. The fourth-order valence-electron chi connectivity index (χ4n) is 2.57. The molecule has 0 radical (unpaired) electrons. The zero-order valence-corrected chi connectivity index (χ0v) is 12.4. The molecular formula is C17H22FNO. The Bertz CT molecular complexity index is 562. The van der Waals surface area contributed by atoms with Crippen molar-refractivity contribution in [2.45, 2.75) is 39.7 Å². The first-order valence-corrected chi connectivity index (χ1v) is 7.20. The van der Waals surface area contributed by atoms with Crippen LogP contribution in [0.15, 0.2) is 34.9 Å². The minimum atomic E-state index is -0.177. The lowest BCUT2D eigenvalue weighted by Crippen LogP contribution is -2.23. The summed E-state index contributed by atoms with van der Waals surface area (Å²) in [6.45, 7) is 7.05. The standard InChI is InChI=1S/C17H22FNO/c1-4-17-15(8-9-20-17)16(19-5-2)11-13-10-14(18)7-6-12(13)3/h6-10,16,19H,4-5,11H2,1-3H3. The molecule has 0 spiro atoms. The third-order valence-corrected chi connectivity index (χ3v) is 3.66. The predicted octanol–water partition coefficient (Wildman–Crippen LogP) is 4.18. The lowest BCUT2D eigenvalue weighted by atomic mass is 9.95. The van der Waals surface area contributed by atoms with Crippen molar-refractivity contribution in [3.05, 3.63) is 58.8 Å². The molecule has 108 valence electrons. The molecule has 0 amide bonds. The summed E-state index contributed by atoms with van der Waals surface area (Å²) in [6.07, 6.45) is 3.37. The second-order valence-corrected chi connectivity index (χ2v) is 5.04. The molecule has 2 rings (SSSR count). The highest BCUT2D eigenvalue weighted by molar-refractivity contribution is 5.30. The van der Waals surface area contributed by atoms with Crippen LogP contribution >= 0.6 is 0 Å². The van der Waals surface area contributed by atoms with Gasteiger partial charge in [0.05, 0.1) is 6.26 Å². The fourth-order valence-corrected chi connectivity index (χ4v) is 2.57. The maximum atomic E-state index is 13.4. The molecular weight excluding hydrogens is 253 g/mol. The van der Waals surface area contributed by atoms with Gasteiger partial charge >= 0.3 is 0 Å². The molecule has 2 aromatic rings. The van der Waals surface area contributed by atoms with Gasteiger partial charge in [0.2, 0.25) is 0 Å². The molecule has 0 saturated heterocycles. The highest BCUT2D eigenvalue weighted by Gasteiger charge is 2.17. The molecule has 1 atom stereocenters. The first-order chi connectivity index (χ1) is 9.65. The Morgan fingerprint density at radius 2 is 2.05 bits per heavy atom. The van der Waals surface area contributed by atoms with Gasteiger partial charge < -0.3 is 9.73 Å². The van der Waals surface area contributed by atoms with Crippen molar-refractivity contribution in [3.63, 3.8) is 0 Å². The number of furan rings is 1. The van der Waals surface area contributed by atoms with Crippen LogP contribution in [0.1, 0.15) is 42.3 Å². The third-order valence-electron chi connectivity index (χ3n) is 3.66. The van der Waals surface area contributed by atoms with Crippen LogP contribution in [0.25, 0.3) is 0 Å². The smallest absolute Gasteiger partial charge is 0.123 e. The van der Waals surface area contributed by atoms with E-state index in [1.54, 1.807) is 12.3 Å². The van der Waals surface area contributed by atoms with Crippen molar-refractivity contribution in [2.24, 2.45) is 0 Å². The number of aryl methyl sites for hydroxylation is 2. The zero-order valence-electron chi connectivity index (χ0n) is 12.4. The van der Waals surface area contributed by atoms with Gasteiger partial charge in [-0.05, 0) is 49.2 Å². The van der Waals surface area contributed by atoms with Crippen LogP contribution in [-0.2, 0) is 12.8 Å². The zero-order chi connectivity index (χ0) is 14.5. The van der Waals surface area contributed by atoms with Gasteiger partial charge in [0, 0.05) is 18.0 Å². The summed E-state index contributed by atoms with van der Waals surface area (Å²) >= 11 is 0. The van der Waals surface area contributed by atoms with Crippen LogP contribution in [0, 0.1) is 12.7 Å². The van der Waals surface area contributed by atoms with E-state index >= 15 is 0 Å². The molecule has 2 nitrogen and oxygen atoms in total. The number of rotatable bonds is 6. The van der Waals surface area contributed by atoms with E-state index in [0.717, 1.165) is 36.3 Å². The normalized spacial score (nSPS) is 12.6. The molecule has 1 heterocycles. The van der Waals surface area contributed by atoms with Crippen molar-refractivity contribution in [3.8, 4) is 0 Å². The van der Waals surface area contributed by atoms with E-state index in [0.29, 0.717) is 0 Å². The molecule has 1 N–H and O–H groups in total. The van der Waals surface area contributed by atoms with Gasteiger partial charge in [-0.1, -0.05) is 19.9 Å². The number of likely N-dealkylation sites (N-methyl/N-ethyl adjacent to an activating group) is 1. The molecule has 0 saturated carbocycles. The first-order valence-electron chi connectivity index (χ1n) is 7.20. The van der Waals surface area contributed by atoms with E-state index in [2.05, 4.69) is 19.2 Å². The summed E-state index contributed by atoms with van der Waals surface area (Å²) in [7, 11) is 0. The topological polar surface area (TPSA) is 25.2 Å². The Kier molecular flexibility index (Phi) is 4.96. The molecule has 0 aliphatic heterocycles. The molecule has 1 aromatic heterocycles. The van der Waals surface area contributed by atoms with Crippen LogP contribution in [0.4, 0.5) is 4.39 Å². The SMILES string of the molecule is CCNC(Cc1cc(F)ccc1C)c1ccoc1CC. The number of nitrogens with one attached hydrogen (secondary N) is 1. The molecule has 20 heavy (non-hydrogen) atoms. The second kappa shape index (κ2) is 6.71. The Morgan fingerprint density at radius 1 is 1.25 bits per heavy atom. The van der Waals surface area contributed by atoms with Crippen molar-refractivity contribution < 1.29 is 8.81 Å². The van der Waals surface area contributed by atoms with Crippen molar-refractivity contribution in [1.82, 2.24) is 5.32 Å². The quantitative estimate of drug-likeness (QED) is 0.855. The van der Waals surface area contributed by atoms with E-state index in [9.17, 15) is 4.39 Å². The van der Waals surface area contributed by atoms with Gasteiger partial charge in [-0.3, -0.25) is 0 Å². The summed E-state index contributed by atoms with van der Waals surface area (Å²) in [6, 6.07) is 7.15. The summed E-state index contributed by atoms with van der Waals surface area (Å²) < 4.78 is 19.0. The third kappa shape index (κ3) is 3.28. The molecule has 0 aliphatic carbocycles. The lowest BCUT2D eigenvalue weighted by Gasteiger charge is -2.19. The van der Waals surface area contributed by atoms with Crippen molar-refractivity contribution in [1.29, 1.82) is 0 Å².